The average Bonchev–Trinajstić information content (AvgIpc) is 2.46. The second kappa shape index (κ2) is 6.07. The fourth-order valence-corrected chi connectivity index (χ4v) is 3.02. The van der Waals surface area contributed by atoms with E-state index >= 15 is 0 Å². The van der Waals surface area contributed by atoms with Gasteiger partial charge in [0.1, 0.15) is 0 Å². The Morgan fingerprint density at radius 1 is 1.24 bits per heavy atom. The Morgan fingerprint density at radius 3 is 2.43 bits per heavy atom. The lowest BCUT2D eigenvalue weighted by atomic mass is 9.80. The number of hydrogen-bond donors (Lipinski definition) is 1. The largest absolute Gasteiger partial charge is 0.481 e. The molecular formula is C14H18F3NO3. The Bertz CT molecular complexity index is 459. The lowest BCUT2D eigenvalue weighted by molar-refractivity contribution is -0.145. The molecule has 1 heterocycles. The van der Waals surface area contributed by atoms with Gasteiger partial charge in [-0.3, -0.25) is 9.59 Å². The minimum atomic E-state index is -4.33. The normalized spacial score (nSPS) is 27.2. The lowest BCUT2D eigenvalue weighted by Gasteiger charge is -2.33. The number of hydrogen-bond acceptors (Lipinski definition) is 2. The van der Waals surface area contributed by atoms with Crippen LogP contribution in [-0.4, -0.2) is 41.1 Å². The molecule has 2 rings (SSSR count). The summed E-state index contributed by atoms with van der Waals surface area (Å²) in [4.78, 5) is 24.7. The van der Waals surface area contributed by atoms with Gasteiger partial charge in [-0.25, -0.2) is 0 Å². The number of amides is 1. The van der Waals surface area contributed by atoms with Crippen molar-refractivity contribution in [1.29, 1.82) is 0 Å². The molecule has 1 N–H and O–H groups in total. The van der Waals surface area contributed by atoms with Crippen LogP contribution in [0.3, 0.4) is 0 Å². The van der Waals surface area contributed by atoms with Crippen molar-refractivity contribution in [1.82, 2.24) is 4.90 Å². The van der Waals surface area contributed by atoms with E-state index in [9.17, 15) is 22.8 Å². The number of rotatable bonds is 2. The summed E-state index contributed by atoms with van der Waals surface area (Å²) >= 11 is 0. The SMILES string of the molecule is O=C(O)C1CCCC(C(=O)N2CC=C(C(F)(F)F)CC2)C1. The Labute approximate surface area is 120 Å². The van der Waals surface area contributed by atoms with Crippen LogP contribution in [-0.2, 0) is 9.59 Å². The fourth-order valence-electron chi connectivity index (χ4n) is 3.02. The number of carboxylic acids is 1. The van der Waals surface area contributed by atoms with Gasteiger partial charge in [-0.1, -0.05) is 12.5 Å². The van der Waals surface area contributed by atoms with Crippen LogP contribution >= 0.6 is 0 Å². The Morgan fingerprint density at radius 2 is 1.90 bits per heavy atom. The molecule has 0 saturated heterocycles. The first-order chi connectivity index (χ1) is 9.79. The average molecular weight is 305 g/mol. The van der Waals surface area contributed by atoms with Crippen LogP contribution in [0.5, 0.6) is 0 Å². The highest BCUT2D eigenvalue weighted by molar-refractivity contribution is 5.80. The van der Waals surface area contributed by atoms with E-state index in [1.807, 2.05) is 0 Å². The molecular weight excluding hydrogens is 287 g/mol. The van der Waals surface area contributed by atoms with Gasteiger partial charge in [0.05, 0.1) is 5.92 Å². The molecule has 1 fully saturated rings. The van der Waals surface area contributed by atoms with Crippen LogP contribution < -0.4 is 0 Å². The third-order valence-corrected chi connectivity index (χ3v) is 4.26. The summed E-state index contributed by atoms with van der Waals surface area (Å²) in [7, 11) is 0. The second-order valence-electron chi connectivity index (χ2n) is 5.66. The minimum Gasteiger partial charge on any atom is -0.481 e. The monoisotopic (exact) mass is 305 g/mol. The molecule has 2 atom stereocenters. The van der Waals surface area contributed by atoms with Gasteiger partial charge in [0.15, 0.2) is 0 Å². The third kappa shape index (κ3) is 3.77. The van der Waals surface area contributed by atoms with E-state index in [1.165, 1.54) is 4.90 Å². The molecule has 1 aliphatic heterocycles. The molecule has 2 aliphatic rings. The Balaban J connectivity index is 1.96. The predicted octanol–water partition coefficient (Wildman–Crippen LogP) is 2.60. The first-order valence-electron chi connectivity index (χ1n) is 7.07. The van der Waals surface area contributed by atoms with Gasteiger partial charge in [0, 0.05) is 24.6 Å². The lowest BCUT2D eigenvalue weighted by Crippen LogP contribution is -2.42. The highest BCUT2D eigenvalue weighted by Crippen LogP contribution is 2.33. The van der Waals surface area contributed by atoms with Crippen molar-refractivity contribution >= 4 is 11.9 Å². The number of alkyl halides is 3. The minimum absolute atomic E-state index is 0.0398. The van der Waals surface area contributed by atoms with Gasteiger partial charge >= 0.3 is 12.1 Å². The molecule has 0 aromatic rings. The van der Waals surface area contributed by atoms with Crippen LogP contribution in [0.1, 0.15) is 32.1 Å². The zero-order chi connectivity index (χ0) is 15.6. The third-order valence-electron chi connectivity index (χ3n) is 4.26. The molecule has 118 valence electrons. The maximum Gasteiger partial charge on any atom is 0.412 e. The van der Waals surface area contributed by atoms with Crippen molar-refractivity contribution in [2.45, 2.75) is 38.3 Å². The van der Waals surface area contributed by atoms with E-state index in [0.717, 1.165) is 6.08 Å². The van der Waals surface area contributed by atoms with E-state index in [4.69, 9.17) is 5.11 Å². The maximum absolute atomic E-state index is 12.5. The van der Waals surface area contributed by atoms with E-state index in [0.29, 0.717) is 25.7 Å². The molecule has 1 amide bonds. The summed E-state index contributed by atoms with van der Waals surface area (Å²) in [6, 6.07) is 0. The molecule has 4 nitrogen and oxygen atoms in total. The highest BCUT2D eigenvalue weighted by atomic mass is 19.4. The van der Waals surface area contributed by atoms with Crippen LogP contribution in [0.4, 0.5) is 13.2 Å². The molecule has 1 saturated carbocycles. The first-order valence-corrected chi connectivity index (χ1v) is 7.07. The van der Waals surface area contributed by atoms with Crippen LogP contribution in [0.15, 0.2) is 11.6 Å². The number of carboxylic acid groups (broad SMARTS) is 1. The molecule has 2 unspecified atom stereocenters. The first kappa shape index (κ1) is 15.9. The Hall–Kier alpha value is -1.53. The van der Waals surface area contributed by atoms with E-state index < -0.39 is 23.6 Å². The van der Waals surface area contributed by atoms with Gasteiger partial charge in [0.2, 0.25) is 5.91 Å². The van der Waals surface area contributed by atoms with Gasteiger partial charge in [-0.2, -0.15) is 13.2 Å². The van der Waals surface area contributed by atoms with Gasteiger partial charge < -0.3 is 10.0 Å². The molecule has 0 aromatic heterocycles. The zero-order valence-corrected chi connectivity index (χ0v) is 11.5. The van der Waals surface area contributed by atoms with Crippen LogP contribution in [0, 0.1) is 11.8 Å². The van der Waals surface area contributed by atoms with Crippen molar-refractivity contribution < 1.29 is 27.9 Å². The smallest absolute Gasteiger partial charge is 0.412 e. The zero-order valence-electron chi connectivity index (χ0n) is 11.5. The number of carbonyl (C=O) groups is 2. The highest BCUT2D eigenvalue weighted by Gasteiger charge is 2.37. The van der Waals surface area contributed by atoms with Gasteiger partial charge in [-0.15, -0.1) is 0 Å². The maximum atomic E-state index is 12.5. The fraction of sp³-hybridized carbons (Fsp3) is 0.714. The number of carbonyl (C=O) groups excluding carboxylic acids is 1. The van der Waals surface area contributed by atoms with E-state index in [2.05, 4.69) is 0 Å². The number of aliphatic carboxylic acids is 1. The van der Waals surface area contributed by atoms with Gasteiger partial charge in [0.25, 0.3) is 0 Å². The van der Waals surface area contributed by atoms with Gasteiger partial charge in [-0.05, 0) is 25.7 Å². The van der Waals surface area contributed by atoms with Crippen molar-refractivity contribution in [3.63, 3.8) is 0 Å². The van der Waals surface area contributed by atoms with Crippen molar-refractivity contribution in [3.05, 3.63) is 11.6 Å². The van der Waals surface area contributed by atoms with Crippen molar-refractivity contribution in [3.8, 4) is 0 Å². The molecule has 21 heavy (non-hydrogen) atoms. The summed E-state index contributed by atoms with van der Waals surface area (Å²) in [6.45, 7) is 0.0142. The molecule has 7 heteroatoms. The van der Waals surface area contributed by atoms with Crippen LogP contribution in [0.25, 0.3) is 0 Å². The summed E-state index contributed by atoms with van der Waals surface area (Å²) in [6.07, 6.45) is -1.31. The predicted molar refractivity (Wildman–Crippen MR) is 68.4 cm³/mol. The second-order valence-corrected chi connectivity index (χ2v) is 5.66. The summed E-state index contributed by atoms with van der Waals surface area (Å²) in [5.41, 5.74) is -0.585. The van der Waals surface area contributed by atoms with E-state index in [1.54, 1.807) is 0 Å². The van der Waals surface area contributed by atoms with E-state index in [-0.39, 0.29) is 31.3 Å². The summed E-state index contributed by atoms with van der Waals surface area (Å²) in [5, 5.41) is 9.01. The van der Waals surface area contributed by atoms with Crippen LogP contribution in [0.2, 0.25) is 0 Å². The molecule has 0 bridgehead atoms. The molecule has 0 aromatic carbocycles. The molecule has 0 spiro atoms. The topological polar surface area (TPSA) is 57.6 Å². The number of nitrogens with zero attached hydrogens (tertiary/aromatic N) is 1. The van der Waals surface area contributed by atoms with Crippen molar-refractivity contribution in [2.75, 3.05) is 13.1 Å². The standard InChI is InChI=1S/C14H18F3NO3/c15-14(16,17)11-4-6-18(7-5-11)12(19)9-2-1-3-10(8-9)13(20)21/h4,9-10H,1-3,5-8H2,(H,20,21). The van der Waals surface area contributed by atoms with Crippen molar-refractivity contribution in [2.24, 2.45) is 11.8 Å². The molecule has 1 aliphatic carbocycles. The molecule has 0 radical (unpaired) electrons. The Kier molecular flexibility index (Phi) is 4.58. The number of halogens is 3. The summed E-state index contributed by atoms with van der Waals surface area (Å²) < 4.78 is 37.6. The summed E-state index contributed by atoms with van der Waals surface area (Å²) in [5.74, 6) is -2.00. The quantitative estimate of drug-likeness (QED) is 0.798.